The van der Waals surface area contributed by atoms with Gasteiger partial charge in [-0.1, -0.05) is 27.2 Å². The van der Waals surface area contributed by atoms with Crippen LogP contribution in [-0.4, -0.2) is 24.5 Å². The summed E-state index contributed by atoms with van der Waals surface area (Å²) < 4.78 is 0. The molecule has 21 heavy (non-hydrogen) atoms. The summed E-state index contributed by atoms with van der Waals surface area (Å²) in [4.78, 5) is 12.3. The van der Waals surface area contributed by atoms with E-state index in [2.05, 4.69) is 38.3 Å². The number of amides is 1. The van der Waals surface area contributed by atoms with Crippen molar-refractivity contribution in [2.75, 3.05) is 6.54 Å². The highest BCUT2D eigenvalue weighted by Gasteiger charge is 2.32. The van der Waals surface area contributed by atoms with E-state index in [-0.39, 0.29) is 5.92 Å². The minimum atomic E-state index is 0.254. The number of nitrogens with one attached hydrogen (secondary N) is 2. The lowest BCUT2D eigenvalue weighted by atomic mass is 9.69. The van der Waals surface area contributed by atoms with Gasteiger partial charge in [-0.25, -0.2) is 0 Å². The van der Waals surface area contributed by atoms with Crippen LogP contribution in [0.1, 0.15) is 72.6 Å². The fraction of sp³-hybridized carbons (Fsp3) is 0.944. The number of hydrogen-bond acceptors (Lipinski definition) is 2. The molecular formula is C18H34N2O. The predicted molar refractivity (Wildman–Crippen MR) is 88.1 cm³/mol. The molecule has 2 aliphatic rings. The van der Waals surface area contributed by atoms with Crippen molar-refractivity contribution in [1.82, 2.24) is 10.6 Å². The summed E-state index contributed by atoms with van der Waals surface area (Å²) >= 11 is 0. The van der Waals surface area contributed by atoms with Crippen LogP contribution in [0.5, 0.6) is 0 Å². The van der Waals surface area contributed by atoms with Crippen molar-refractivity contribution in [1.29, 1.82) is 0 Å². The standard InChI is InChI=1S/C18H34N2O/c1-13-6-5-7-16(20-13)12-19-17(21)14-8-10-15(11-9-14)18(2,3)4/h13-16,20H,5-12H2,1-4H3,(H,19,21). The molecule has 1 heterocycles. The van der Waals surface area contributed by atoms with Crippen LogP contribution < -0.4 is 10.6 Å². The zero-order valence-corrected chi connectivity index (χ0v) is 14.4. The number of piperidine rings is 1. The lowest BCUT2D eigenvalue weighted by molar-refractivity contribution is -0.126. The Hall–Kier alpha value is -0.570. The Bertz CT molecular complexity index is 340. The van der Waals surface area contributed by atoms with Gasteiger partial charge in [-0.05, 0) is 56.8 Å². The summed E-state index contributed by atoms with van der Waals surface area (Å²) in [7, 11) is 0. The molecule has 0 aromatic carbocycles. The molecule has 122 valence electrons. The van der Waals surface area contributed by atoms with Gasteiger partial charge in [-0.3, -0.25) is 4.79 Å². The molecule has 1 aliphatic heterocycles. The molecule has 0 radical (unpaired) electrons. The molecule has 0 bridgehead atoms. The molecular weight excluding hydrogens is 260 g/mol. The normalized spacial score (nSPS) is 34.5. The maximum atomic E-state index is 12.3. The average Bonchev–Trinajstić information content (AvgIpc) is 2.44. The van der Waals surface area contributed by atoms with Gasteiger partial charge in [-0.15, -0.1) is 0 Å². The van der Waals surface area contributed by atoms with Gasteiger partial charge >= 0.3 is 0 Å². The summed E-state index contributed by atoms with van der Waals surface area (Å²) in [5.41, 5.74) is 0.392. The Morgan fingerprint density at radius 3 is 2.33 bits per heavy atom. The van der Waals surface area contributed by atoms with Gasteiger partial charge in [0, 0.05) is 24.5 Å². The average molecular weight is 294 g/mol. The van der Waals surface area contributed by atoms with E-state index in [1.807, 2.05) is 0 Å². The van der Waals surface area contributed by atoms with Crippen molar-refractivity contribution in [3.63, 3.8) is 0 Å². The second-order valence-electron chi connectivity index (χ2n) is 8.36. The van der Waals surface area contributed by atoms with E-state index in [0.29, 0.717) is 23.4 Å². The van der Waals surface area contributed by atoms with Crippen molar-refractivity contribution in [2.24, 2.45) is 17.3 Å². The van der Waals surface area contributed by atoms with Crippen molar-refractivity contribution in [3.05, 3.63) is 0 Å². The topological polar surface area (TPSA) is 41.1 Å². The molecule has 1 saturated carbocycles. The summed E-state index contributed by atoms with van der Waals surface area (Å²) in [6.07, 6.45) is 8.30. The minimum absolute atomic E-state index is 0.254. The SMILES string of the molecule is CC1CCCC(CNC(=O)C2CCC(C(C)(C)C)CC2)N1. The van der Waals surface area contributed by atoms with Crippen LogP contribution in [-0.2, 0) is 4.79 Å². The van der Waals surface area contributed by atoms with Crippen LogP contribution >= 0.6 is 0 Å². The number of carbonyl (C=O) groups is 1. The molecule has 2 N–H and O–H groups in total. The van der Waals surface area contributed by atoms with E-state index >= 15 is 0 Å². The Morgan fingerprint density at radius 1 is 1.10 bits per heavy atom. The summed E-state index contributed by atoms with van der Waals surface area (Å²) in [5.74, 6) is 1.33. The molecule has 2 fully saturated rings. The third kappa shape index (κ3) is 4.98. The number of carbonyl (C=O) groups excluding carboxylic acids is 1. The van der Waals surface area contributed by atoms with Gasteiger partial charge in [0.2, 0.25) is 5.91 Å². The quantitative estimate of drug-likeness (QED) is 0.836. The maximum absolute atomic E-state index is 12.3. The van der Waals surface area contributed by atoms with Crippen LogP contribution in [0.4, 0.5) is 0 Å². The van der Waals surface area contributed by atoms with Crippen molar-refractivity contribution < 1.29 is 4.79 Å². The van der Waals surface area contributed by atoms with E-state index < -0.39 is 0 Å². The first-order valence-electron chi connectivity index (χ1n) is 8.90. The highest BCUT2D eigenvalue weighted by Crippen LogP contribution is 2.39. The van der Waals surface area contributed by atoms with Crippen molar-refractivity contribution >= 4 is 5.91 Å². The first kappa shape index (κ1) is 16.8. The minimum Gasteiger partial charge on any atom is -0.354 e. The van der Waals surface area contributed by atoms with E-state index in [9.17, 15) is 4.79 Å². The zero-order chi connectivity index (χ0) is 15.5. The van der Waals surface area contributed by atoms with Gasteiger partial charge in [0.1, 0.15) is 0 Å². The lowest BCUT2D eigenvalue weighted by Crippen LogP contribution is -2.48. The van der Waals surface area contributed by atoms with Crippen LogP contribution in [0.15, 0.2) is 0 Å². The Morgan fingerprint density at radius 2 is 1.76 bits per heavy atom. The molecule has 0 spiro atoms. The first-order valence-corrected chi connectivity index (χ1v) is 8.90. The Labute approximate surface area is 130 Å². The van der Waals surface area contributed by atoms with Crippen LogP contribution in [0, 0.1) is 17.3 Å². The highest BCUT2D eigenvalue weighted by molar-refractivity contribution is 5.78. The van der Waals surface area contributed by atoms with Gasteiger partial charge < -0.3 is 10.6 Å². The van der Waals surface area contributed by atoms with E-state index in [0.717, 1.165) is 25.3 Å². The Kier molecular flexibility index (Phi) is 5.70. The molecule has 3 nitrogen and oxygen atoms in total. The second-order valence-corrected chi connectivity index (χ2v) is 8.36. The Balaban J connectivity index is 1.70. The molecule has 2 rings (SSSR count). The molecule has 3 heteroatoms. The summed E-state index contributed by atoms with van der Waals surface area (Å²) in [5, 5.41) is 6.78. The fourth-order valence-electron chi connectivity index (χ4n) is 3.99. The lowest BCUT2D eigenvalue weighted by Gasteiger charge is -2.36. The zero-order valence-electron chi connectivity index (χ0n) is 14.4. The monoisotopic (exact) mass is 294 g/mol. The number of rotatable bonds is 3. The third-order valence-electron chi connectivity index (χ3n) is 5.56. The smallest absolute Gasteiger partial charge is 0.223 e. The molecule has 0 aromatic rings. The number of hydrogen-bond donors (Lipinski definition) is 2. The van der Waals surface area contributed by atoms with E-state index in [1.165, 1.54) is 32.1 Å². The molecule has 1 saturated heterocycles. The van der Waals surface area contributed by atoms with E-state index in [4.69, 9.17) is 0 Å². The van der Waals surface area contributed by atoms with E-state index in [1.54, 1.807) is 0 Å². The summed E-state index contributed by atoms with van der Waals surface area (Å²) in [6, 6.07) is 1.08. The molecule has 1 aliphatic carbocycles. The van der Waals surface area contributed by atoms with Gasteiger partial charge in [0.15, 0.2) is 0 Å². The first-order chi connectivity index (χ1) is 9.86. The highest BCUT2D eigenvalue weighted by atomic mass is 16.1. The predicted octanol–water partition coefficient (Wildman–Crippen LogP) is 3.49. The molecule has 2 atom stereocenters. The molecule has 0 aromatic heterocycles. The van der Waals surface area contributed by atoms with Gasteiger partial charge in [-0.2, -0.15) is 0 Å². The van der Waals surface area contributed by atoms with Crippen LogP contribution in [0.3, 0.4) is 0 Å². The fourth-order valence-corrected chi connectivity index (χ4v) is 3.99. The third-order valence-corrected chi connectivity index (χ3v) is 5.56. The second kappa shape index (κ2) is 7.13. The van der Waals surface area contributed by atoms with Gasteiger partial charge in [0.25, 0.3) is 0 Å². The largest absolute Gasteiger partial charge is 0.354 e. The van der Waals surface area contributed by atoms with Crippen molar-refractivity contribution in [3.8, 4) is 0 Å². The maximum Gasteiger partial charge on any atom is 0.223 e. The van der Waals surface area contributed by atoms with Crippen LogP contribution in [0.25, 0.3) is 0 Å². The summed E-state index contributed by atoms with van der Waals surface area (Å²) in [6.45, 7) is 10.0. The van der Waals surface area contributed by atoms with Crippen molar-refractivity contribution in [2.45, 2.75) is 84.7 Å². The van der Waals surface area contributed by atoms with Crippen LogP contribution in [0.2, 0.25) is 0 Å². The molecule has 2 unspecified atom stereocenters. The van der Waals surface area contributed by atoms with Gasteiger partial charge in [0.05, 0.1) is 0 Å². The molecule has 1 amide bonds.